The molecule has 3 N–H and O–H groups in total. The number of aliphatic imine (C=N–C) groups is 1. The first kappa shape index (κ1) is 20.3. The van der Waals surface area contributed by atoms with E-state index < -0.39 is 0 Å². The van der Waals surface area contributed by atoms with Crippen LogP contribution in [0.25, 0.3) is 0 Å². The van der Waals surface area contributed by atoms with Crippen LogP contribution in [0.2, 0.25) is 5.02 Å². The van der Waals surface area contributed by atoms with E-state index >= 15 is 0 Å². The van der Waals surface area contributed by atoms with Crippen LogP contribution in [0.1, 0.15) is 13.8 Å². The van der Waals surface area contributed by atoms with Crippen molar-refractivity contribution >= 4 is 41.5 Å². The van der Waals surface area contributed by atoms with Crippen molar-refractivity contribution in [1.29, 1.82) is 0 Å². The molecule has 0 bridgehead atoms. The zero-order chi connectivity index (χ0) is 15.0. The highest BCUT2D eigenvalue weighted by Crippen LogP contribution is 2.24. The van der Waals surface area contributed by atoms with Crippen LogP contribution >= 0.6 is 35.6 Å². The van der Waals surface area contributed by atoms with E-state index in [0.717, 1.165) is 0 Å². The van der Waals surface area contributed by atoms with Crippen LogP contribution in [0.4, 0.5) is 0 Å². The monoisotopic (exact) mass is 427 g/mol. The van der Waals surface area contributed by atoms with Gasteiger partial charge in [0.05, 0.1) is 18.2 Å². The van der Waals surface area contributed by atoms with E-state index in [9.17, 15) is 0 Å². The van der Waals surface area contributed by atoms with Gasteiger partial charge >= 0.3 is 0 Å². The van der Waals surface area contributed by atoms with Gasteiger partial charge in [0.25, 0.3) is 0 Å². The number of benzene rings is 1. The van der Waals surface area contributed by atoms with Crippen molar-refractivity contribution in [2.75, 3.05) is 20.3 Å². The SMILES string of the molecule is COCC(C)NC(N)=NCC(C)Oc1ccccc1Cl.I. The fourth-order valence-electron chi connectivity index (χ4n) is 1.61. The van der Waals surface area contributed by atoms with Crippen LogP contribution in [-0.2, 0) is 4.74 Å². The summed E-state index contributed by atoms with van der Waals surface area (Å²) in [5.74, 6) is 1.03. The first-order chi connectivity index (χ1) is 9.52. The lowest BCUT2D eigenvalue weighted by atomic mass is 10.3. The predicted octanol–water partition coefficient (Wildman–Crippen LogP) is 2.66. The molecular weight excluding hydrogens is 405 g/mol. The topological polar surface area (TPSA) is 68.9 Å². The first-order valence-corrected chi connectivity index (χ1v) is 6.87. The molecule has 0 aromatic heterocycles. The molecule has 0 spiro atoms. The summed E-state index contributed by atoms with van der Waals surface area (Å²) in [6, 6.07) is 7.46. The Labute approximate surface area is 148 Å². The van der Waals surface area contributed by atoms with Gasteiger partial charge in [-0.25, -0.2) is 4.99 Å². The summed E-state index contributed by atoms with van der Waals surface area (Å²) in [5, 5.41) is 3.62. The minimum Gasteiger partial charge on any atom is -0.487 e. The Morgan fingerprint density at radius 2 is 2.05 bits per heavy atom. The van der Waals surface area contributed by atoms with Gasteiger partial charge in [0, 0.05) is 13.2 Å². The summed E-state index contributed by atoms with van der Waals surface area (Å²) in [6.45, 7) is 4.90. The Hall–Kier alpha value is -0.730. The number of halogens is 2. The van der Waals surface area contributed by atoms with Crippen LogP contribution in [0.15, 0.2) is 29.3 Å². The summed E-state index contributed by atoms with van der Waals surface area (Å²) < 4.78 is 10.7. The number of hydrogen-bond donors (Lipinski definition) is 2. The summed E-state index contributed by atoms with van der Waals surface area (Å²) in [7, 11) is 1.64. The average molecular weight is 428 g/mol. The Morgan fingerprint density at radius 1 is 1.38 bits per heavy atom. The summed E-state index contributed by atoms with van der Waals surface area (Å²) in [5.41, 5.74) is 5.78. The van der Waals surface area contributed by atoms with Gasteiger partial charge in [0.15, 0.2) is 5.96 Å². The number of methoxy groups -OCH3 is 1. The van der Waals surface area contributed by atoms with Gasteiger partial charge in [-0.3, -0.25) is 0 Å². The van der Waals surface area contributed by atoms with Crippen molar-refractivity contribution in [3.05, 3.63) is 29.3 Å². The van der Waals surface area contributed by atoms with E-state index in [-0.39, 0.29) is 36.1 Å². The maximum atomic E-state index is 6.02. The minimum absolute atomic E-state index is 0. The molecule has 5 nitrogen and oxygen atoms in total. The third-order valence-corrected chi connectivity index (χ3v) is 2.81. The Balaban J connectivity index is 0.00000400. The lowest BCUT2D eigenvalue weighted by Crippen LogP contribution is -2.41. The molecule has 0 aliphatic rings. The van der Waals surface area contributed by atoms with Crippen molar-refractivity contribution in [3.8, 4) is 5.75 Å². The fraction of sp³-hybridized carbons (Fsp3) is 0.500. The van der Waals surface area contributed by atoms with Gasteiger partial charge < -0.3 is 20.5 Å². The van der Waals surface area contributed by atoms with Gasteiger partial charge in [-0.2, -0.15) is 0 Å². The maximum Gasteiger partial charge on any atom is 0.189 e. The van der Waals surface area contributed by atoms with Gasteiger partial charge in [-0.1, -0.05) is 23.7 Å². The van der Waals surface area contributed by atoms with E-state index in [1.54, 1.807) is 13.2 Å². The smallest absolute Gasteiger partial charge is 0.189 e. The molecule has 2 atom stereocenters. The molecule has 0 saturated carbocycles. The van der Waals surface area contributed by atoms with Gasteiger partial charge in [0.1, 0.15) is 11.9 Å². The molecular formula is C14H23ClIN3O2. The number of rotatable bonds is 7. The molecule has 120 valence electrons. The van der Waals surface area contributed by atoms with Crippen molar-refractivity contribution in [2.45, 2.75) is 26.0 Å². The summed E-state index contributed by atoms with van der Waals surface area (Å²) in [4.78, 5) is 4.23. The number of nitrogens with two attached hydrogens (primary N) is 1. The van der Waals surface area contributed by atoms with Gasteiger partial charge in [-0.05, 0) is 26.0 Å². The number of hydrogen-bond acceptors (Lipinski definition) is 3. The first-order valence-electron chi connectivity index (χ1n) is 6.49. The molecule has 0 amide bonds. The third kappa shape index (κ3) is 8.33. The molecule has 2 unspecified atom stereocenters. The number of ether oxygens (including phenoxy) is 2. The quantitative estimate of drug-likeness (QED) is 0.399. The van der Waals surface area contributed by atoms with Crippen molar-refractivity contribution < 1.29 is 9.47 Å². The van der Waals surface area contributed by atoms with Crippen LogP contribution < -0.4 is 15.8 Å². The highest BCUT2D eigenvalue weighted by atomic mass is 127. The van der Waals surface area contributed by atoms with E-state index in [1.165, 1.54) is 0 Å². The van der Waals surface area contributed by atoms with Gasteiger partial charge in [-0.15, -0.1) is 24.0 Å². The van der Waals surface area contributed by atoms with Gasteiger partial charge in [0.2, 0.25) is 0 Å². The maximum absolute atomic E-state index is 6.02. The number of nitrogens with one attached hydrogen (secondary N) is 1. The molecule has 1 aromatic rings. The molecule has 0 heterocycles. The third-order valence-electron chi connectivity index (χ3n) is 2.49. The Morgan fingerprint density at radius 3 is 2.67 bits per heavy atom. The summed E-state index contributed by atoms with van der Waals surface area (Å²) >= 11 is 6.02. The van der Waals surface area contributed by atoms with Crippen LogP contribution in [0, 0.1) is 0 Å². The van der Waals surface area contributed by atoms with Crippen molar-refractivity contribution in [3.63, 3.8) is 0 Å². The average Bonchev–Trinajstić information content (AvgIpc) is 2.39. The van der Waals surface area contributed by atoms with Crippen LogP contribution in [0.5, 0.6) is 5.75 Å². The van der Waals surface area contributed by atoms with E-state index in [2.05, 4.69) is 10.3 Å². The fourth-order valence-corrected chi connectivity index (χ4v) is 1.79. The number of para-hydroxylation sites is 1. The highest BCUT2D eigenvalue weighted by Gasteiger charge is 2.07. The molecule has 1 aromatic carbocycles. The molecule has 0 aliphatic carbocycles. The molecule has 0 saturated heterocycles. The zero-order valence-electron chi connectivity index (χ0n) is 12.5. The molecule has 0 radical (unpaired) electrons. The van der Waals surface area contributed by atoms with Crippen molar-refractivity contribution in [2.24, 2.45) is 10.7 Å². The van der Waals surface area contributed by atoms with Crippen molar-refractivity contribution in [1.82, 2.24) is 5.32 Å². The predicted molar refractivity (Wildman–Crippen MR) is 97.9 cm³/mol. The van der Waals surface area contributed by atoms with E-state index in [4.69, 9.17) is 26.8 Å². The Kier molecular flexibility index (Phi) is 10.5. The van der Waals surface area contributed by atoms with E-state index in [1.807, 2.05) is 32.0 Å². The van der Waals surface area contributed by atoms with E-state index in [0.29, 0.717) is 29.9 Å². The molecule has 1 rings (SSSR count). The standard InChI is InChI=1S/C14H22ClN3O2.HI/c1-10(9-19-3)18-14(16)17-8-11(2)20-13-7-5-4-6-12(13)15;/h4-7,10-11H,8-9H2,1-3H3,(H3,16,17,18);1H. The molecule has 21 heavy (non-hydrogen) atoms. The van der Waals surface area contributed by atoms with Crippen LogP contribution in [0.3, 0.4) is 0 Å². The summed E-state index contributed by atoms with van der Waals surface area (Å²) in [6.07, 6.45) is -0.118. The highest BCUT2D eigenvalue weighted by molar-refractivity contribution is 14.0. The van der Waals surface area contributed by atoms with Crippen LogP contribution in [-0.4, -0.2) is 38.4 Å². The number of guanidine groups is 1. The second-order valence-electron chi connectivity index (χ2n) is 4.59. The lowest BCUT2D eigenvalue weighted by molar-refractivity contribution is 0.179. The second-order valence-corrected chi connectivity index (χ2v) is 4.99. The minimum atomic E-state index is -0.118. The Bertz CT molecular complexity index is 446. The second kappa shape index (κ2) is 10.9. The normalized spacial score (nSPS) is 14.0. The molecule has 0 aliphatic heterocycles. The number of nitrogens with zero attached hydrogens (tertiary/aromatic N) is 1. The molecule has 0 fully saturated rings. The lowest BCUT2D eigenvalue weighted by Gasteiger charge is -2.16. The zero-order valence-corrected chi connectivity index (χ0v) is 15.6. The largest absolute Gasteiger partial charge is 0.487 e. The molecule has 7 heteroatoms.